The largest absolute Gasteiger partial charge is 0.765 e. The number of methoxy groups -OCH3 is 2. The van der Waals surface area contributed by atoms with Gasteiger partial charge in [0.1, 0.15) is 23.0 Å². The zero-order valence-corrected chi connectivity index (χ0v) is 12.0. The molecule has 0 amide bonds. The minimum atomic E-state index is -2.29. The van der Waals surface area contributed by atoms with Gasteiger partial charge in [-0.2, -0.15) is 0 Å². The van der Waals surface area contributed by atoms with Gasteiger partial charge >= 0.3 is 0 Å². The minimum Gasteiger partial charge on any atom is -0.765 e. The molecule has 2 rings (SSSR count). The van der Waals surface area contributed by atoms with E-state index in [0.29, 0.717) is 23.0 Å². The fourth-order valence-electron chi connectivity index (χ4n) is 1.46. The fourth-order valence-corrected chi connectivity index (χ4v) is 2.09. The Labute approximate surface area is 118 Å². The van der Waals surface area contributed by atoms with E-state index in [1.54, 1.807) is 62.8 Å². The van der Waals surface area contributed by atoms with Gasteiger partial charge in [-0.15, -0.1) is 0 Å². The maximum absolute atomic E-state index is 11.7. The van der Waals surface area contributed by atoms with E-state index in [1.165, 1.54) is 0 Å². The normalized spacial score (nSPS) is 10.2. The molecule has 0 atom stereocenters. The zero-order chi connectivity index (χ0) is 14.4. The van der Waals surface area contributed by atoms with Gasteiger partial charge in [0, 0.05) is 0 Å². The molecule has 0 spiro atoms. The summed E-state index contributed by atoms with van der Waals surface area (Å²) in [7, 11) is 0.853. The van der Waals surface area contributed by atoms with Gasteiger partial charge in [-0.05, 0) is 48.5 Å². The molecule has 0 aliphatic carbocycles. The summed E-state index contributed by atoms with van der Waals surface area (Å²) in [5, 5.41) is 0. The molecule has 0 unspecified atom stereocenters. The summed E-state index contributed by atoms with van der Waals surface area (Å²) in [6.45, 7) is 0. The second-order valence-electron chi connectivity index (χ2n) is 3.76. The molecule has 2 aromatic carbocycles. The highest BCUT2D eigenvalue weighted by molar-refractivity contribution is 7.39. The Bertz CT molecular complexity index is 477. The molecule has 6 heteroatoms. The molecule has 2 aromatic rings. The van der Waals surface area contributed by atoms with Crippen LogP contribution in [0.1, 0.15) is 0 Å². The van der Waals surface area contributed by atoms with Crippen molar-refractivity contribution in [1.29, 1.82) is 0 Å². The van der Waals surface area contributed by atoms with Gasteiger partial charge in [0.25, 0.3) is 0 Å². The van der Waals surface area contributed by atoms with Crippen molar-refractivity contribution in [1.82, 2.24) is 0 Å². The Morgan fingerprint density at radius 2 is 0.950 bits per heavy atom. The highest BCUT2D eigenvalue weighted by atomic mass is 31.2. The molecule has 0 bridgehead atoms. The minimum absolute atomic E-state index is 0.445. The lowest BCUT2D eigenvalue weighted by Gasteiger charge is -2.22. The van der Waals surface area contributed by atoms with Crippen LogP contribution in [-0.4, -0.2) is 14.2 Å². The molecule has 0 saturated heterocycles. The average Bonchev–Trinajstić information content (AvgIpc) is 2.49. The molecule has 0 radical (unpaired) electrons. The van der Waals surface area contributed by atoms with E-state index in [0.717, 1.165) is 0 Å². The molecule has 20 heavy (non-hydrogen) atoms. The fraction of sp³-hybridized carbons (Fsp3) is 0.143. The van der Waals surface area contributed by atoms with E-state index in [2.05, 4.69) is 0 Å². The first-order valence-electron chi connectivity index (χ1n) is 5.82. The number of benzene rings is 2. The van der Waals surface area contributed by atoms with Crippen molar-refractivity contribution in [2.75, 3.05) is 14.2 Å². The smallest absolute Gasteiger partial charge is 0.210 e. The summed E-state index contributed by atoms with van der Waals surface area (Å²) in [6.07, 6.45) is 0. The van der Waals surface area contributed by atoms with Crippen LogP contribution in [-0.2, 0) is 0 Å². The summed E-state index contributed by atoms with van der Waals surface area (Å²) in [6, 6.07) is 13.5. The summed E-state index contributed by atoms with van der Waals surface area (Å²) < 4.78 is 20.4. The zero-order valence-electron chi connectivity index (χ0n) is 11.1. The van der Waals surface area contributed by atoms with E-state index in [-0.39, 0.29) is 0 Å². The van der Waals surface area contributed by atoms with E-state index >= 15 is 0 Å². The number of rotatable bonds is 6. The van der Waals surface area contributed by atoms with Crippen LogP contribution in [0.15, 0.2) is 48.5 Å². The van der Waals surface area contributed by atoms with Crippen LogP contribution in [0.4, 0.5) is 0 Å². The van der Waals surface area contributed by atoms with Crippen molar-refractivity contribution in [3.05, 3.63) is 48.5 Å². The monoisotopic (exact) mass is 293 g/mol. The van der Waals surface area contributed by atoms with Gasteiger partial charge in [0.2, 0.25) is 8.60 Å². The Morgan fingerprint density at radius 3 is 1.25 bits per heavy atom. The Hall–Kier alpha value is -1.97. The van der Waals surface area contributed by atoms with E-state index in [4.69, 9.17) is 18.5 Å². The third kappa shape index (κ3) is 4.02. The standard InChI is InChI=1S/C14H14O5P/c1-16-11-3-7-13(8-4-11)18-20(15)19-14-9-5-12(17-2)6-10-14/h3-10H,1-2H3/q-1. The SMILES string of the molecule is COc1ccc(OP([O-])Oc2ccc(OC)cc2)cc1. The molecular formula is C14H14O5P-. The predicted molar refractivity (Wildman–Crippen MR) is 74.2 cm³/mol. The van der Waals surface area contributed by atoms with Crippen LogP contribution in [0, 0.1) is 0 Å². The van der Waals surface area contributed by atoms with Crippen LogP contribution in [0.25, 0.3) is 0 Å². The van der Waals surface area contributed by atoms with E-state index < -0.39 is 8.60 Å². The molecule has 0 fully saturated rings. The van der Waals surface area contributed by atoms with E-state index in [1.807, 2.05) is 0 Å². The molecular weight excluding hydrogens is 279 g/mol. The van der Waals surface area contributed by atoms with Crippen LogP contribution in [0.3, 0.4) is 0 Å². The van der Waals surface area contributed by atoms with Gasteiger partial charge in [-0.1, -0.05) is 0 Å². The molecule has 0 aromatic heterocycles. The van der Waals surface area contributed by atoms with E-state index in [9.17, 15) is 4.89 Å². The van der Waals surface area contributed by atoms with Crippen molar-refractivity contribution in [2.24, 2.45) is 0 Å². The molecule has 5 nitrogen and oxygen atoms in total. The Morgan fingerprint density at radius 1 is 0.650 bits per heavy atom. The summed E-state index contributed by atoms with van der Waals surface area (Å²) in [5.74, 6) is 2.29. The third-order valence-electron chi connectivity index (χ3n) is 2.48. The van der Waals surface area contributed by atoms with Gasteiger partial charge in [0.05, 0.1) is 14.2 Å². The van der Waals surface area contributed by atoms with Crippen LogP contribution in [0.2, 0.25) is 0 Å². The predicted octanol–water partition coefficient (Wildman–Crippen LogP) is 2.75. The number of hydrogen-bond donors (Lipinski definition) is 0. The van der Waals surface area contributed by atoms with Gasteiger partial charge < -0.3 is 23.4 Å². The van der Waals surface area contributed by atoms with Crippen LogP contribution in [0.5, 0.6) is 23.0 Å². The highest BCUT2D eigenvalue weighted by Gasteiger charge is 2.02. The van der Waals surface area contributed by atoms with Crippen molar-refractivity contribution >= 4 is 8.60 Å². The molecule has 0 heterocycles. The van der Waals surface area contributed by atoms with Gasteiger partial charge in [-0.25, -0.2) is 0 Å². The van der Waals surface area contributed by atoms with Crippen molar-refractivity contribution < 1.29 is 23.4 Å². The molecule has 0 aliphatic rings. The maximum Gasteiger partial charge on any atom is 0.210 e. The first-order chi connectivity index (χ1) is 9.71. The lowest BCUT2D eigenvalue weighted by Crippen LogP contribution is -2.07. The lowest BCUT2D eigenvalue weighted by atomic mass is 10.3. The summed E-state index contributed by atoms with van der Waals surface area (Å²) in [4.78, 5) is 11.7. The molecule has 0 saturated carbocycles. The average molecular weight is 293 g/mol. The van der Waals surface area contributed by atoms with Gasteiger partial charge in [0.15, 0.2) is 0 Å². The number of hydrogen-bond acceptors (Lipinski definition) is 5. The van der Waals surface area contributed by atoms with Crippen LogP contribution < -0.4 is 23.4 Å². The first-order valence-corrected chi connectivity index (χ1v) is 6.92. The molecule has 0 N–H and O–H groups in total. The molecule has 0 aliphatic heterocycles. The van der Waals surface area contributed by atoms with Gasteiger partial charge in [-0.3, -0.25) is 0 Å². The quantitative estimate of drug-likeness (QED) is 0.766. The highest BCUT2D eigenvalue weighted by Crippen LogP contribution is 2.34. The lowest BCUT2D eigenvalue weighted by molar-refractivity contribution is -0.189. The second kappa shape index (κ2) is 6.98. The van der Waals surface area contributed by atoms with Crippen molar-refractivity contribution in [3.63, 3.8) is 0 Å². The van der Waals surface area contributed by atoms with Crippen LogP contribution >= 0.6 is 8.60 Å². The summed E-state index contributed by atoms with van der Waals surface area (Å²) in [5.41, 5.74) is 0. The summed E-state index contributed by atoms with van der Waals surface area (Å²) >= 11 is 0. The maximum atomic E-state index is 11.7. The third-order valence-corrected chi connectivity index (χ3v) is 3.20. The topological polar surface area (TPSA) is 60.0 Å². The first kappa shape index (κ1) is 14.4. The Balaban J connectivity index is 1.91. The number of ether oxygens (including phenoxy) is 2. The Kier molecular flexibility index (Phi) is 5.04. The van der Waals surface area contributed by atoms with Crippen molar-refractivity contribution in [2.45, 2.75) is 0 Å². The van der Waals surface area contributed by atoms with Crippen molar-refractivity contribution in [3.8, 4) is 23.0 Å². The second-order valence-corrected chi connectivity index (χ2v) is 4.57. The molecule has 106 valence electrons.